The Labute approximate surface area is 165 Å². The zero-order valence-corrected chi connectivity index (χ0v) is 18.0. The minimum atomic E-state index is -0.435. The number of amides is 1. The van der Waals surface area contributed by atoms with Crippen LogP contribution in [-0.2, 0) is 11.3 Å². The number of likely N-dealkylation sites (tertiary alicyclic amines) is 1. The van der Waals surface area contributed by atoms with Crippen molar-refractivity contribution in [2.24, 2.45) is 17.3 Å². The zero-order chi connectivity index (χ0) is 20.1. The fourth-order valence-corrected chi connectivity index (χ4v) is 4.56. The van der Waals surface area contributed by atoms with Crippen molar-refractivity contribution >= 4 is 6.09 Å². The number of alkyl carbamates (subject to hydrolysis) is 1. The van der Waals surface area contributed by atoms with Crippen LogP contribution in [0.1, 0.15) is 59.9 Å². The maximum atomic E-state index is 11.9. The van der Waals surface area contributed by atoms with Crippen LogP contribution in [0.4, 0.5) is 4.79 Å². The van der Waals surface area contributed by atoms with Crippen molar-refractivity contribution in [3.8, 4) is 0 Å². The van der Waals surface area contributed by atoms with Gasteiger partial charge in [-0.2, -0.15) is 0 Å². The molecule has 0 spiro atoms. The van der Waals surface area contributed by atoms with Gasteiger partial charge in [-0.15, -0.1) is 0 Å². The number of nitrogens with one attached hydrogen (secondary N) is 1. The molecular formula is C23H38N2O2. The standard InChI is InChI=1S/C21H32N2O2.C2H6/c1-20(2,3)25-19(24)22-15-21(4)10-17-13-23(14-18(17)11-21)12-16-8-6-5-7-9-16;1-2/h5-9,17-18H,10-15H2,1-4H3,(H,22,24);1-2H3/t17-,18+,21?;. The second kappa shape index (κ2) is 9.09. The normalized spacial score (nSPS) is 27.5. The van der Waals surface area contributed by atoms with Gasteiger partial charge in [-0.25, -0.2) is 4.79 Å². The van der Waals surface area contributed by atoms with Crippen LogP contribution in [0.25, 0.3) is 0 Å². The highest BCUT2D eigenvalue weighted by Crippen LogP contribution is 2.48. The molecule has 4 nitrogen and oxygen atoms in total. The van der Waals surface area contributed by atoms with E-state index in [1.54, 1.807) is 0 Å². The minimum absolute atomic E-state index is 0.199. The number of carbonyl (C=O) groups excluding carboxylic acids is 1. The van der Waals surface area contributed by atoms with E-state index in [0.717, 1.165) is 18.4 Å². The molecule has 1 amide bonds. The highest BCUT2D eigenvalue weighted by atomic mass is 16.6. The lowest BCUT2D eigenvalue weighted by atomic mass is 9.87. The van der Waals surface area contributed by atoms with Crippen molar-refractivity contribution in [3.63, 3.8) is 0 Å². The molecule has 1 heterocycles. The van der Waals surface area contributed by atoms with Gasteiger partial charge in [0.2, 0.25) is 0 Å². The summed E-state index contributed by atoms with van der Waals surface area (Å²) in [4.78, 5) is 14.5. The second-order valence-electron chi connectivity index (χ2n) is 9.27. The van der Waals surface area contributed by atoms with Crippen molar-refractivity contribution in [2.45, 2.75) is 66.5 Å². The van der Waals surface area contributed by atoms with Gasteiger partial charge >= 0.3 is 6.09 Å². The van der Waals surface area contributed by atoms with Gasteiger partial charge in [0.1, 0.15) is 5.60 Å². The van der Waals surface area contributed by atoms with Crippen LogP contribution in [0, 0.1) is 17.3 Å². The van der Waals surface area contributed by atoms with Crippen LogP contribution >= 0.6 is 0 Å². The number of hydrogen-bond donors (Lipinski definition) is 1. The van der Waals surface area contributed by atoms with Crippen LogP contribution in [0.2, 0.25) is 0 Å². The van der Waals surface area contributed by atoms with E-state index in [1.165, 1.54) is 31.5 Å². The third kappa shape index (κ3) is 6.53. The Bertz CT molecular complexity index is 580. The van der Waals surface area contributed by atoms with Gasteiger partial charge in [-0.05, 0) is 56.4 Å². The second-order valence-corrected chi connectivity index (χ2v) is 9.27. The number of nitrogens with zero attached hydrogens (tertiary/aromatic N) is 1. The highest BCUT2D eigenvalue weighted by Gasteiger charge is 2.46. The monoisotopic (exact) mass is 374 g/mol. The van der Waals surface area contributed by atoms with Gasteiger partial charge in [0.15, 0.2) is 0 Å². The van der Waals surface area contributed by atoms with E-state index in [4.69, 9.17) is 4.74 Å². The third-order valence-electron chi connectivity index (χ3n) is 5.47. The Kier molecular flexibility index (Phi) is 7.32. The van der Waals surface area contributed by atoms with Crippen LogP contribution < -0.4 is 5.32 Å². The van der Waals surface area contributed by atoms with Gasteiger partial charge in [0.25, 0.3) is 0 Å². The molecule has 27 heavy (non-hydrogen) atoms. The predicted octanol–water partition coefficient (Wildman–Crippen LogP) is 5.09. The largest absolute Gasteiger partial charge is 0.444 e. The molecule has 0 aromatic heterocycles. The molecule has 1 unspecified atom stereocenters. The van der Waals surface area contributed by atoms with E-state index in [1.807, 2.05) is 34.6 Å². The Morgan fingerprint density at radius 2 is 1.70 bits per heavy atom. The number of ether oxygens (including phenoxy) is 1. The summed E-state index contributed by atoms with van der Waals surface area (Å²) in [6.07, 6.45) is 2.09. The minimum Gasteiger partial charge on any atom is -0.444 e. The van der Waals surface area contributed by atoms with E-state index < -0.39 is 5.60 Å². The van der Waals surface area contributed by atoms with Crippen LogP contribution in [-0.4, -0.2) is 36.2 Å². The molecule has 1 N–H and O–H groups in total. The first-order valence-electron chi connectivity index (χ1n) is 10.5. The number of carbonyl (C=O) groups is 1. The SMILES string of the molecule is CC.CC1(CNC(=O)OC(C)(C)C)C[C@H]2CN(Cc3ccccc3)C[C@H]2C1. The number of fused-ring (bicyclic) bond motifs is 1. The summed E-state index contributed by atoms with van der Waals surface area (Å²) in [5.41, 5.74) is 1.16. The molecule has 0 bridgehead atoms. The lowest BCUT2D eigenvalue weighted by Crippen LogP contribution is -2.39. The topological polar surface area (TPSA) is 41.6 Å². The molecule has 1 aliphatic carbocycles. The van der Waals surface area contributed by atoms with Gasteiger partial charge in [-0.3, -0.25) is 4.90 Å². The van der Waals surface area contributed by atoms with Crippen molar-refractivity contribution in [3.05, 3.63) is 35.9 Å². The van der Waals surface area contributed by atoms with Gasteiger partial charge in [0, 0.05) is 26.2 Å². The van der Waals surface area contributed by atoms with Gasteiger partial charge in [-0.1, -0.05) is 51.1 Å². The lowest BCUT2D eigenvalue weighted by Gasteiger charge is -2.28. The van der Waals surface area contributed by atoms with Crippen LogP contribution in [0.3, 0.4) is 0 Å². The maximum Gasteiger partial charge on any atom is 0.407 e. The average Bonchev–Trinajstić information content (AvgIpc) is 3.09. The molecule has 1 aliphatic heterocycles. The Hall–Kier alpha value is -1.55. The van der Waals surface area contributed by atoms with E-state index in [9.17, 15) is 4.79 Å². The molecular weight excluding hydrogens is 336 g/mol. The Morgan fingerprint density at radius 3 is 2.22 bits per heavy atom. The number of benzene rings is 1. The van der Waals surface area contributed by atoms with E-state index in [0.29, 0.717) is 6.54 Å². The van der Waals surface area contributed by atoms with E-state index >= 15 is 0 Å². The van der Waals surface area contributed by atoms with E-state index in [2.05, 4.69) is 47.5 Å². The molecule has 3 atom stereocenters. The quantitative estimate of drug-likeness (QED) is 0.798. The summed E-state index contributed by atoms with van der Waals surface area (Å²) in [6, 6.07) is 10.7. The van der Waals surface area contributed by atoms with E-state index in [-0.39, 0.29) is 11.5 Å². The van der Waals surface area contributed by atoms with Crippen LogP contribution in [0.15, 0.2) is 30.3 Å². The summed E-state index contributed by atoms with van der Waals surface area (Å²) in [6.45, 7) is 16.1. The average molecular weight is 375 g/mol. The number of rotatable bonds is 4. The summed E-state index contributed by atoms with van der Waals surface area (Å²) in [5.74, 6) is 1.52. The maximum absolute atomic E-state index is 11.9. The molecule has 1 saturated heterocycles. The summed E-state index contributed by atoms with van der Waals surface area (Å²) >= 11 is 0. The highest BCUT2D eigenvalue weighted by molar-refractivity contribution is 5.67. The summed E-state index contributed by atoms with van der Waals surface area (Å²) < 4.78 is 5.36. The fraction of sp³-hybridized carbons (Fsp3) is 0.696. The lowest BCUT2D eigenvalue weighted by molar-refractivity contribution is 0.0500. The van der Waals surface area contributed by atoms with Crippen LogP contribution in [0.5, 0.6) is 0 Å². The first-order valence-corrected chi connectivity index (χ1v) is 10.5. The molecule has 1 saturated carbocycles. The first kappa shape index (κ1) is 21.7. The zero-order valence-electron chi connectivity index (χ0n) is 18.0. The summed E-state index contributed by atoms with van der Waals surface area (Å²) in [5, 5.41) is 2.99. The van der Waals surface area contributed by atoms with Gasteiger partial charge in [0.05, 0.1) is 0 Å². The fourth-order valence-electron chi connectivity index (χ4n) is 4.56. The van der Waals surface area contributed by atoms with Crippen molar-refractivity contribution in [1.82, 2.24) is 10.2 Å². The Balaban J connectivity index is 0.00000126. The van der Waals surface area contributed by atoms with Gasteiger partial charge < -0.3 is 10.1 Å². The van der Waals surface area contributed by atoms with Crippen molar-refractivity contribution < 1.29 is 9.53 Å². The molecule has 0 radical (unpaired) electrons. The van der Waals surface area contributed by atoms with Crippen molar-refractivity contribution in [2.75, 3.05) is 19.6 Å². The molecule has 3 rings (SSSR count). The third-order valence-corrected chi connectivity index (χ3v) is 5.47. The number of hydrogen-bond acceptors (Lipinski definition) is 3. The molecule has 2 fully saturated rings. The smallest absolute Gasteiger partial charge is 0.407 e. The predicted molar refractivity (Wildman–Crippen MR) is 112 cm³/mol. The first-order chi connectivity index (χ1) is 12.7. The molecule has 1 aromatic carbocycles. The molecule has 4 heteroatoms. The Morgan fingerprint density at radius 1 is 1.15 bits per heavy atom. The molecule has 152 valence electrons. The molecule has 1 aromatic rings. The molecule has 2 aliphatic rings. The summed E-state index contributed by atoms with van der Waals surface area (Å²) in [7, 11) is 0. The van der Waals surface area contributed by atoms with Crippen molar-refractivity contribution in [1.29, 1.82) is 0 Å².